The maximum atomic E-state index is 14.0. The molecule has 2 aliphatic heterocycles. The van der Waals surface area contributed by atoms with Gasteiger partial charge in [-0.2, -0.15) is 0 Å². The Morgan fingerprint density at radius 2 is 1.91 bits per heavy atom. The highest BCUT2D eigenvalue weighted by molar-refractivity contribution is 8.00. The molecule has 0 N–H and O–H groups in total. The lowest BCUT2D eigenvalue weighted by atomic mass is 10.00. The second kappa shape index (κ2) is 8.36. The minimum absolute atomic E-state index is 0.0299. The quantitative estimate of drug-likeness (QED) is 0.237. The van der Waals surface area contributed by atoms with Crippen molar-refractivity contribution >= 4 is 45.1 Å². The van der Waals surface area contributed by atoms with Gasteiger partial charge in [-0.3, -0.25) is 9.36 Å². The molecule has 0 bridgehead atoms. The lowest BCUT2D eigenvalue weighted by Crippen LogP contribution is -2.26. The fourth-order valence-electron chi connectivity index (χ4n) is 4.37. The van der Waals surface area contributed by atoms with Crippen LogP contribution in [0.15, 0.2) is 52.4 Å². The molecule has 2 aromatic heterocycles. The monoisotopic (exact) mass is 508 g/mol. The summed E-state index contributed by atoms with van der Waals surface area (Å²) >= 11 is 5.21. The maximum absolute atomic E-state index is 14.0. The van der Waals surface area contributed by atoms with Crippen LogP contribution in [0.4, 0.5) is 0 Å². The first-order chi connectivity index (χ1) is 16.4. The third-order valence-electron chi connectivity index (χ3n) is 6.17. The Hall–Kier alpha value is -2.42. The number of hydrogen-bond acceptors (Lipinski definition) is 7. The number of rotatable bonds is 4. The number of aromatic nitrogens is 2. The summed E-state index contributed by atoms with van der Waals surface area (Å²) in [6.07, 6.45) is 0.890. The van der Waals surface area contributed by atoms with Crippen molar-refractivity contribution in [2.75, 3.05) is 6.79 Å². The van der Waals surface area contributed by atoms with Crippen molar-refractivity contribution < 1.29 is 9.47 Å². The van der Waals surface area contributed by atoms with Crippen LogP contribution < -0.4 is 15.0 Å². The largest absolute Gasteiger partial charge is 0.454 e. The van der Waals surface area contributed by atoms with E-state index < -0.39 is 0 Å². The van der Waals surface area contributed by atoms with E-state index in [0.29, 0.717) is 10.9 Å². The van der Waals surface area contributed by atoms with Crippen LogP contribution in [0.5, 0.6) is 11.5 Å². The summed E-state index contributed by atoms with van der Waals surface area (Å²) < 4.78 is 12.9. The van der Waals surface area contributed by atoms with E-state index in [1.165, 1.54) is 10.4 Å². The average molecular weight is 509 g/mol. The fourth-order valence-corrected chi connectivity index (χ4v) is 7.71. The summed E-state index contributed by atoms with van der Waals surface area (Å²) in [6, 6.07) is 14.1. The summed E-state index contributed by atoms with van der Waals surface area (Å²) in [5.41, 5.74) is 4.33. The van der Waals surface area contributed by atoms with Crippen LogP contribution in [0, 0.1) is 6.92 Å². The molecular formula is C26H24N2O3S3. The minimum Gasteiger partial charge on any atom is -0.454 e. The SMILES string of the molecule is Cc1ccc(-n2c(SCc3ccc4c(c3)OCO4)nc3sc4c(c3c2=O)CC(C)(C)SC4)cc1. The van der Waals surface area contributed by atoms with Crippen molar-refractivity contribution in [2.24, 2.45) is 0 Å². The standard InChI is InChI=1S/C26H24N2O3S3/c1-15-4-7-17(8-5-15)28-24(29)22-18-11-26(2,3)33-13-21(18)34-23(22)27-25(28)32-12-16-6-9-19-20(10-16)31-14-30-19/h4-10H,11-14H2,1-3H3. The van der Waals surface area contributed by atoms with Gasteiger partial charge in [-0.05, 0) is 48.7 Å². The summed E-state index contributed by atoms with van der Waals surface area (Å²) in [6.45, 7) is 6.82. The van der Waals surface area contributed by atoms with Gasteiger partial charge in [0.1, 0.15) is 4.83 Å². The summed E-state index contributed by atoms with van der Waals surface area (Å²) in [5, 5.41) is 1.51. The molecule has 0 fully saturated rings. The van der Waals surface area contributed by atoms with Gasteiger partial charge in [-0.15, -0.1) is 23.1 Å². The van der Waals surface area contributed by atoms with E-state index in [-0.39, 0.29) is 17.1 Å². The minimum atomic E-state index is 0.0299. The van der Waals surface area contributed by atoms with Crippen LogP contribution in [-0.2, 0) is 17.9 Å². The molecule has 34 heavy (non-hydrogen) atoms. The Kier molecular flexibility index (Phi) is 5.43. The van der Waals surface area contributed by atoms with Crippen molar-refractivity contribution in [1.82, 2.24) is 9.55 Å². The third-order valence-corrected chi connectivity index (χ3v) is 9.85. The first kappa shape index (κ1) is 22.1. The van der Waals surface area contributed by atoms with Crippen LogP contribution in [0.2, 0.25) is 0 Å². The number of thioether (sulfide) groups is 2. The topological polar surface area (TPSA) is 53.4 Å². The Morgan fingerprint density at radius 1 is 1.12 bits per heavy atom. The Bertz CT molecular complexity index is 1470. The van der Waals surface area contributed by atoms with Crippen LogP contribution >= 0.6 is 34.9 Å². The molecule has 0 aliphatic carbocycles. The predicted octanol–water partition coefficient (Wildman–Crippen LogP) is 6.34. The molecule has 2 aromatic carbocycles. The third kappa shape index (κ3) is 3.91. The first-order valence-electron chi connectivity index (χ1n) is 11.2. The van der Waals surface area contributed by atoms with Crippen LogP contribution in [0.1, 0.15) is 35.4 Å². The van der Waals surface area contributed by atoms with Crippen molar-refractivity contribution in [3.05, 3.63) is 74.4 Å². The van der Waals surface area contributed by atoms with Crippen molar-refractivity contribution in [3.8, 4) is 17.2 Å². The van der Waals surface area contributed by atoms with Gasteiger partial charge in [0, 0.05) is 21.1 Å². The van der Waals surface area contributed by atoms with E-state index in [1.807, 2.05) is 54.2 Å². The van der Waals surface area contributed by atoms with E-state index >= 15 is 0 Å². The second-order valence-corrected chi connectivity index (χ2v) is 13.0. The molecule has 0 spiro atoms. The van der Waals surface area contributed by atoms with Gasteiger partial charge in [-0.1, -0.05) is 49.4 Å². The number of ether oxygens (including phenoxy) is 2. The van der Waals surface area contributed by atoms with Gasteiger partial charge in [0.15, 0.2) is 16.7 Å². The molecule has 0 saturated carbocycles. The van der Waals surface area contributed by atoms with E-state index in [2.05, 4.69) is 20.8 Å². The second-order valence-electron chi connectivity index (χ2n) is 9.26. The first-order valence-corrected chi connectivity index (χ1v) is 14.0. The molecule has 0 radical (unpaired) electrons. The Labute approximate surface area is 210 Å². The van der Waals surface area contributed by atoms with E-state index in [0.717, 1.165) is 50.7 Å². The molecule has 5 nitrogen and oxygen atoms in total. The number of benzene rings is 2. The number of fused-ring (bicyclic) bond motifs is 4. The molecule has 0 amide bonds. The average Bonchev–Trinajstić information content (AvgIpc) is 3.41. The van der Waals surface area contributed by atoms with Crippen molar-refractivity contribution in [2.45, 2.75) is 48.6 Å². The van der Waals surface area contributed by atoms with E-state index in [1.54, 1.807) is 27.7 Å². The summed E-state index contributed by atoms with van der Waals surface area (Å²) in [4.78, 5) is 21.2. The van der Waals surface area contributed by atoms with E-state index in [9.17, 15) is 4.79 Å². The Morgan fingerprint density at radius 3 is 2.74 bits per heavy atom. The predicted molar refractivity (Wildman–Crippen MR) is 141 cm³/mol. The van der Waals surface area contributed by atoms with Gasteiger partial charge >= 0.3 is 0 Å². The number of aryl methyl sites for hydroxylation is 1. The molecule has 8 heteroatoms. The zero-order chi connectivity index (χ0) is 23.4. The molecule has 2 aliphatic rings. The zero-order valence-corrected chi connectivity index (χ0v) is 21.7. The molecular weight excluding hydrogens is 484 g/mol. The highest BCUT2D eigenvalue weighted by Gasteiger charge is 2.31. The van der Waals surface area contributed by atoms with E-state index in [4.69, 9.17) is 14.5 Å². The molecule has 0 unspecified atom stereocenters. The highest BCUT2D eigenvalue weighted by Crippen LogP contribution is 2.44. The fraction of sp³-hybridized carbons (Fsp3) is 0.308. The number of thiophene rings is 1. The molecule has 4 heterocycles. The summed E-state index contributed by atoms with van der Waals surface area (Å²) in [7, 11) is 0. The van der Waals surface area contributed by atoms with Crippen LogP contribution in [0.3, 0.4) is 0 Å². The molecule has 0 atom stereocenters. The lowest BCUT2D eigenvalue weighted by Gasteiger charge is -2.28. The highest BCUT2D eigenvalue weighted by atomic mass is 32.2. The summed E-state index contributed by atoms with van der Waals surface area (Å²) in [5.74, 6) is 3.15. The molecule has 4 aromatic rings. The smallest absolute Gasteiger partial charge is 0.267 e. The van der Waals surface area contributed by atoms with Gasteiger partial charge in [0.05, 0.1) is 11.1 Å². The lowest BCUT2D eigenvalue weighted by molar-refractivity contribution is 0.174. The van der Waals surface area contributed by atoms with Gasteiger partial charge in [-0.25, -0.2) is 4.98 Å². The van der Waals surface area contributed by atoms with Crippen LogP contribution in [0.25, 0.3) is 15.9 Å². The van der Waals surface area contributed by atoms with Gasteiger partial charge < -0.3 is 9.47 Å². The van der Waals surface area contributed by atoms with Crippen molar-refractivity contribution in [1.29, 1.82) is 0 Å². The van der Waals surface area contributed by atoms with Gasteiger partial charge in [0.2, 0.25) is 6.79 Å². The Balaban J connectivity index is 1.46. The van der Waals surface area contributed by atoms with Gasteiger partial charge in [0.25, 0.3) is 5.56 Å². The molecule has 0 saturated heterocycles. The maximum Gasteiger partial charge on any atom is 0.267 e. The number of nitrogens with zero attached hydrogens (tertiary/aromatic N) is 2. The normalized spacial score (nSPS) is 16.1. The van der Waals surface area contributed by atoms with Crippen LogP contribution in [-0.4, -0.2) is 21.1 Å². The number of hydrogen-bond donors (Lipinski definition) is 0. The van der Waals surface area contributed by atoms with Crippen molar-refractivity contribution in [3.63, 3.8) is 0 Å². The zero-order valence-electron chi connectivity index (χ0n) is 19.2. The molecule has 174 valence electrons. The molecule has 6 rings (SSSR count).